The average Bonchev–Trinajstić information content (AvgIpc) is 2.33. The van der Waals surface area contributed by atoms with E-state index in [-0.39, 0.29) is 6.42 Å². The maximum absolute atomic E-state index is 10.4. The molecule has 1 saturated carbocycles. The number of rotatable bonds is 8. The van der Waals surface area contributed by atoms with Gasteiger partial charge in [0.2, 0.25) is 0 Å². The van der Waals surface area contributed by atoms with Gasteiger partial charge in [-0.2, -0.15) is 0 Å². The lowest BCUT2D eigenvalue weighted by atomic mass is 9.91. The van der Waals surface area contributed by atoms with Gasteiger partial charge in [0.15, 0.2) is 0 Å². The Balaban J connectivity index is 2.01. The lowest BCUT2D eigenvalue weighted by Crippen LogP contribution is -2.40. The zero-order chi connectivity index (χ0) is 12.5. The highest BCUT2D eigenvalue weighted by Crippen LogP contribution is 2.18. The van der Waals surface area contributed by atoms with Gasteiger partial charge in [0.25, 0.3) is 0 Å². The smallest absolute Gasteiger partial charge is 0.303 e. The number of carboxylic acid groups (broad SMARTS) is 1. The monoisotopic (exact) mass is 242 g/mol. The van der Waals surface area contributed by atoms with Crippen molar-refractivity contribution in [3.8, 4) is 0 Å². The predicted molar refractivity (Wildman–Crippen MR) is 69.2 cm³/mol. The fraction of sp³-hybridized carbons (Fsp3) is 0.923. The van der Waals surface area contributed by atoms with Crippen LogP contribution in [-0.4, -0.2) is 36.2 Å². The van der Waals surface area contributed by atoms with Crippen molar-refractivity contribution in [3.05, 3.63) is 0 Å². The third kappa shape index (κ3) is 6.64. The summed E-state index contributed by atoms with van der Waals surface area (Å²) in [6.45, 7) is 4.16. The lowest BCUT2D eigenvalue weighted by Gasteiger charge is -2.29. The molecule has 0 radical (unpaired) electrons. The minimum Gasteiger partial charge on any atom is -0.481 e. The SMILES string of the molecule is CCCNC1CCC(NCCCC(=O)O)CC1. The molecule has 0 unspecified atom stereocenters. The summed E-state index contributed by atoms with van der Waals surface area (Å²) in [5.74, 6) is -0.695. The fourth-order valence-corrected chi connectivity index (χ4v) is 2.40. The molecule has 0 aromatic carbocycles. The first kappa shape index (κ1) is 14.5. The van der Waals surface area contributed by atoms with Crippen LogP contribution in [0, 0.1) is 0 Å². The van der Waals surface area contributed by atoms with Crippen molar-refractivity contribution in [2.24, 2.45) is 0 Å². The molecule has 0 spiro atoms. The molecule has 0 amide bonds. The van der Waals surface area contributed by atoms with Crippen LogP contribution < -0.4 is 10.6 Å². The van der Waals surface area contributed by atoms with Gasteiger partial charge >= 0.3 is 5.97 Å². The molecule has 0 atom stereocenters. The van der Waals surface area contributed by atoms with Crippen molar-refractivity contribution in [2.75, 3.05) is 13.1 Å². The van der Waals surface area contributed by atoms with E-state index in [1.807, 2.05) is 0 Å². The van der Waals surface area contributed by atoms with Crippen molar-refractivity contribution in [1.29, 1.82) is 0 Å². The zero-order valence-electron chi connectivity index (χ0n) is 10.9. The molecule has 3 N–H and O–H groups in total. The molecule has 0 aromatic heterocycles. The third-order valence-corrected chi connectivity index (χ3v) is 3.41. The molecule has 0 aliphatic heterocycles. The van der Waals surface area contributed by atoms with E-state index in [2.05, 4.69) is 17.6 Å². The van der Waals surface area contributed by atoms with Crippen molar-refractivity contribution in [1.82, 2.24) is 10.6 Å². The Bertz CT molecular complexity index is 213. The van der Waals surface area contributed by atoms with Crippen LogP contribution in [0.2, 0.25) is 0 Å². The van der Waals surface area contributed by atoms with Crippen LogP contribution in [-0.2, 0) is 4.79 Å². The molecule has 0 heterocycles. The summed E-state index contributed by atoms with van der Waals surface area (Å²) in [6.07, 6.45) is 7.15. The van der Waals surface area contributed by atoms with Gasteiger partial charge in [0, 0.05) is 18.5 Å². The largest absolute Gasteiger partial charge is 0.481 e. The Kier molecular flexibility index (Phi) is 7.21. The number of aliphatic carboxylic acids is 1. The topological polar surface area (TPSA) is 61.4 Å². The minimum atomic E-state index is -0.695. The fourth-order valence-electron chi connectivity index (χ4n) is 2.40. The molecule has 1 rings (SSSR count). The molecular weight excluding hydrogens is 216 g/mol. The number of nitrogens with one attached hydrogen (secondary N) is 2. The first-order valence-corrected chi connectivity index (χ1v) is 6.91. The van der Waals surface area contributed by atoms with Gasteiger partial charge < -0.3 is 15.7 Å². The van der Waals surface area contributed by atoms with E-state index in [0.717, 1.165) is 19.5 Å². The quantitative estimate of drug-likeness (QED) is 0.568. The normalized spacial score (nSPS) is 24.8. The second-order valence-electron chi connectivity index (χ2n) is 4.95. The molecule has 1 fully saturated rings. The molecule has 1 aliphatic carbocycles. The molecule has 4 nitrogen and oxygen atoms in total. The van der Waals surface area contributed by atoms with Crippen LogP contribution in [0.1, 0.15) is 51.9 Å². The summed E-state index contributed by atoms with van der Waals surface area (Å²) in [6, 6.07) is 1.30. The lowest BCUT2D eigenvalue weighted by molar-refractivity contribution is -0.137. The van der Waals surface area contributed by atoms with Gasteiger partial charge in [-0.05, 0) is 51.6 Å². The average molecular weight is 242 g/mol. The maximum Gasteiger partial charge on any atom is 0.303 e. The van der Waals surface area contributed by atoms with E-state index in [1.165, 1.54) is 32.1 Å². The van der Waals surface area contributed by atoms with Crippen molar-refractivity contribution < 1.29 is 9.90 Å². The summed E-state index contributed by atoms with van der Waals surface area (Å²) in [5.41, 5.74) is 0. The molecule has 17 heavy (non-hydrogen) atoms. The molecule has 0 aromatic rings. The summed E-state index contributed by atoms with van der Waals surface area (Å²) in [4.78, 5) is 10.4. The number of hydrogen-bond acceptors (Lipinski definition) is 3. The number of carbonyl (C=O) groups is 1. The van der Waals surface area contributed by atoms with Crippen LogP contribution in [0.3, 0.4) is 0 Å². The van der Waals surface area contributed by atoms with Gasteiger partial charge in [-0.25, -0.2) is 0 Å². The Morgan fingerprint density at radius 3 is 2.12 bits per heavy atom. The van der Waals surface area contributed by atoms with Crippen molar-refractivity contribution in [2.45, 2.75) is 64.0 Å². The van der Waals surface area contributed by atoms with Crippen LogP contribution >= 0.6 is 0 Å². The van der Waals surface area contributed by atoms with E-state index in [1.54, 1.807) is 0 Å². The van der Waals surface area contributed by atoms with Gasteiger partial charge in [-0.15, -0.1) is 0 Å². The Morgan fingerprint density at radius 1 is 1.12 bits per heavy atom. The first-order valence-electron chi connectivity index (χ1n) is 6.91. The van der Waals surface area contributed by atoms with Gasteiger partial charge in [0.05, 0.1) is 0 Å². The Hall–Kier alpha value is -0.610. The summed E-state index contributed by atoms with van der Waals surface area (Å²) < 4.78 is 0. The summed E-state index contributed by atoms with van der Waals surface area (Å²) in [5, 5.41) is 15.6. The number of carboxylic acids is 1. The molecule has 0 saturated heterocycles. The molecule has 100 valence electrons. The van der Waals surface area contributed by atoms with Crippen LogP contribution in [0.5, 0.6) is 0 Å². The summed E-state index contributed by atoms with van der Waals surface area (Å²) in [7, 11) is 0. The van der Waals surface area contributed by atoms with Crippen LogP contribution in [0.4, 0.5) is 0 Å². The first-order chi connectivity index (χ1) is 8.22. The highest BCUT2D eigenvalue weighted by molar-refractivity contribution is 5.66. The minimum absolute atomic E-state index is 0.278. The van der Waals surface area contributed by atoms with Gasteiger partial charge in [0.1, 0.15) is 0 Å². The highest BCUT2D eigenvalue weighted by atomic mass is 16.4. The van der Waals surface area contributed by atoms with E-state index in [0.29, 0.717) is 12.1 Å². The van der Waals surface area contributed by atoms with Crippen molar-refractivity contribution >= 4 is 5.97 Å². The molecule has 1 aliphatic rings. The predicted octanol–water partition coefficient (Wildman–Crippen LogP) is 1.75. The van der Waals surface area contributed by atoms with E-state index in [4.69, 9.17) is 5.11 Å². The molecule has 4 heteroatoms. The highest BCUT2D eigenvalue weighted by Gasteiger charge is 2.19. The van der Waals surface area contributed by atoms with Crippen molar-refractivity contribution in [3.63, 3.8) is 0 Å². The second-order valence-corrected chi connectivity index (χ2v) is 4.95. The van der Waals surface area contributed by atoms with E-state index < -0.39 is 5.97 Å². The summed E-state index contributed by atoms with van der Waals surface area (Å²) >= 11 is 0. The van der Waals surface area contributed by atoms with Gasteiger partial charge in [-0.3, -0.25) is 4.79 Å². The Labute approximate surface area is 104 Å². The second kappa shape index (κ2) is 8.48. The maximum atomic E-state index is 10.4. The van der Waals surface area contributed by atoms with E-state index >= 15 is 0 Å². The van der Waals surface area contributed by atoms with E-state index in [9.17, 15) is 4.79 Å². The molecule has 0 bridgehead atoms. The van der Waals surface area contributed by atoms with Crippen LogP contribution in [0.25, 0.3) is 0 Å². The Morgan fingerprint density at radius 2 is 1.65 bits per heavy atom. The molecular formula is C13H26N2O2. The standard InChI is InChI=1S/C13H26N2O2/c1-2-9-14-11-5-7-12(8-6-11)15-10-3-4-13(16)17/h11-12,14-15H,2-10H2,1H3,(H,16,17). The van der Waals surface area contributed by atoms with Crippen LogP contribution in [0.15, 0.2) is 0 Å². The third-order valence-electron chi connectivity index (χ3n) is 3.41. The zero-order valence-corrected chi connectivity index (χ0v) is 10.9. The van der Waals surface area contributed by atoms with Gasteiger partial charge in [-0.1, -0.05) is 6.92 Å². The number of hydrogen-bond donors (Lipinski definition) is 3.